The van der Waals surface area contributed by atoms with Gasteiger partial charge in [-0.25, -0.2) is 4.98 Å². The van der Waals surface area contributed by atoms with Gasteiger partial charge in [0.15, 0.2) is 5.76 Å². The number of ether oxygens (including phenoxy) is 1. The van der Waals surface area contributed by atoms with E-state index in [2.05, 4.69) is 5.10 Å². The van der Waals surface area contributed by atoms with Crippen LogP contribution in [0, 0.1) is 0 Å². The van der Waals surface area contributed by atoms with Crippen LogP contribution in [0.1, 0.15) is 11.1 Å². The highest BCUT2D eigenvalue weighted by Gasteiger charge is 2.16. The summed E-state index contributed by atoms with van der Waals surface area (Å²) >= 11 is 6.24. The lowest BCUT2D eigenvalue weighted by molar-refractivity contribution is 0.306. The summed E-state index contributed by atoms with van der Waals surface area (Å²) in [6, 6.07) is 31.7. The van der Waals surface area contributed by atoms with Crippen LogP contribution in [-0.4, -0.2) is 15.9 Å². The Hall–Kier alpha value is -4.68. The van der Waals surface area contributed by atoms with Gasteiger partial charge in [-0.1, -0.05) is 72.3 Å². The Balaban J connectivity index is 1.37. The number of furan rings is 1. The summed E-state index contributed by atoms with van der Waals surface area (Å²) in [7, 11) is 0. The molecule has 0 amide bonds. The largest absolute Gasteiger partial charge is 0.489 e. The van der Waals surface area contributed by atoms with Crippen LogP contribution in [0.25, 0.3) is 33.5 Å². The maximum absolute atomic E-state index is 13.4. The second-order valence-electron chi connectivity index (χ2n) is 8.42. The predicted molar refractivity (Wildman–Crippen MR) is 146 cm³/mol. The van der Waals surface area contributed by atoms with Gasteiger partial charge in [-0.05, 0) is 48.0 Å². The fraction of sp³-hybridized carbons (Fsp3) is 0.0333. The minimum Gasteiger partial charge on any atom is -0.489 e. The molecular weight excluding hydrogens is 486 g/mol. The normalized spacial score (nSPS) is 11.5. The molecule has 0 saturated carbocycles. The van der Waals surface area contributed by atoms with Gasteiger partial charge in [-0.15, -0.1) is 0 Å². The Morgan fingerprint density at radius 1 is 0.919 bits per heavy atom. The number of fused-ring (bicyclic) bond motifs is 2. The Labute approximate surface area is 217 Å². The molecule has 0 unspecified atom stereocenters. The molecule has 180 valence electrons. The van der Waals surface area contributed by atoms with Crippen molar-refractivity contribution in [1.29, 1.82) is 0 Å². The van der Waals surface area contributed by atoms with Crippen LogP contribution in [0.15, 0.2) is 117 Å². The molecule has 0 radical (unpaired) electrons. The lowest BCUT2D eigenvalue weighted by atomic mass is 10.2. The summed E-state index contributed by atoms with van der Waals surface area (Å²) in [5, 5.41) is 6.56. The van der Waals surface area contributed by atoms with Gasteiger partial charge in [0.2, 0.25) is 5.82 Å². The lowest BCUT2D eigenvalue weighted by Gasteiger charge is -2.09. The molecule has 0 saturated heterocycles. The van der Waals surface area contributed by atoms with Crippen molar-refractivity contribution in [2.24, 2.45) is 5.10 Å². The van der Waals surface area contributed by atoms with E-state index in [0.717, 1.165) is 16.5 Å². The molecule has 0 aliphatic rings. The number of halogens is 1. The van der Waals surface area contributed by atoms with E-state index in [9.17, 15) is 4.79 Å². The van der Waals surface area contributed by atoms with Crippen molar-refractivity contribution < 1.29 is 9.15 Å². The average molecular weight is 506 g/mol. The third-order valence-electron chi connectivity index (χ3n) is 5.93. The van der Waals surface area contributed by atoms with E-state index in [-0.39, 0.29) is 5.56 Å². The van der Waals surface area contributed by atoms with Gasteiger partial charge in [-0.3, -0.25) is 4.79 Å². The Morgan fingerprint density at radius 3 is 2.62 bits per heavy atom. The number of para-hydroxylation sites is 2. The zero-order valence-electron chi connectivity index (χ0n) is 19.5. The fourth-order valence-electron chi connectivity index (χ4n) is 4.07. The molecule has 0 N–H and O–H groups in total. The molecule has 37 heavy (non-hydrogen) atoms. The van der Waals surface area contributed by atoms with E-state index >= 15 is 0 Å². The van der Waals surface area contributed by atoms with Crippen molar-refractivity contribution in [3.05, 3.63) is 130 Å². The van der Waals surface area contributed by atoms with E-state index in [4.69, 9.17) is 25.7 Å². The first-order chi connectivity index (χ1) is 18.2. The van der Waals surface area contributed by atoms with Gasteiger partial charge in [0.1, 0.15) is 17.9 Å². The molecule has 0 aliphatic carbocycles. The molecule has 2 aromatic heterocycles. The van der Waals surface area contributed by atoms with Crippen LogP contribution < -0.4 is 10.3 Å². The van der Waals surface area contributed by atoms with Gasteiger partial charge in [0, 0.05) is 16.0 Å². The Kier molecular flexibility index (Phi) is 6.00. The maximum atomic E-state index is 13.4. The summed E-state index contributed by atoms with van der Waals surface area (Å²) in [6.07, 6.45) is 1.60. The molecule has 0 fully saturated rings. The fourth-order valence-corrected chi connectivity index (χ4v) is 4.26. The molecule has 6 nitrogen and oxygen atoms in total. The Morgan fingerprint density at radius 2 is 1.73 bits per heavy atom. The minimum atomic E-state index is -0.288. The molecule has 6 aromatic rings. The smallest absolute Gasteiger partial charge is 0.282 e. The van der Waals surface area contributed by atoms with E-state index in [1.54, 1.807) is 24.4 Å². The van der Waals surface area contributed by atoms with Crippen LogP contribution in [-0.2, 0) is 6.61 Å². The number of nitrogens with zero attached hydrogens (tertiary/aromatic N) is 3. The predicted octanol–water partition coefficient (Wildman–Crippen LogP) is 6.92. The standard InChI is InChI=1S/C30H20ClN3O3/c31-25-13-4-1-10-22(25)19-36-23-11-7-8-20(16-23)18-32-34-29(28-17-21-9-2-6-15-27(21)37-28)33-26-14-5-3-12-24(26)30(34)35/h1-18H,19H2. The molecule has 6 rings (SSSR count). The van der Waals surface area contributed by atoms with E-state index in [1.807, 2.05) is 84.9 Å². The van der Waals surface area contributed by atoms with Gasteiger partial charge in [-0.2, -0.15) is 9.78 Å². The van der Waals surface area contributed by atoms with Crippen molar-refractivity contribution in [2.75, 3.05) is 0 Å². The SMILES string of the molecule is O=c1c2ccccc2nc(-c2cc3ccccc3o2)n1N=Cc1cccc(OCc2ccccc2Cl)c1. The van der Waals surface area contributed by atoms with Crippen molar-refractivity contribution in [3.63, 3.8) is 0 Å². The van der Waals surface area contributed by atoms with E-state index in [1.165, 1.54) is 4.68 Å². The first kappa shape index (κ1) is 22.8. The summed E-state index contributed by atoms with van der Waals surface area (Å²) < 4.78 is 13.2. The number of rotatable bonds is 6. The highest BCUT2D eigenvalue weighted by atomic mass is 35.5. The van der Waals surface area contributed by atoms with Crippen LogP contribution in [0.2, 0.25) is 5.02 Å². The number of hydrogen-bond acceptors (Lipinski definition) is 5. The zero-order valence-corrected chi connectivity index (χ0v) is 20.3. The highest BCUT2D eigenvalue weighted by molar-refractivity contribution is 6.31. The van der Waals surface area contributed by atoms with Gasteiger partial charge in [0.25, 0.3) is 5.56 Å². The van der Waals surface area contributed by atoms with Crippen LogP contribution >= 0.6 is 11.6 Å². The van der Waals surface area contributed by atoms with E-state index < -0.39 is 0 Å². The van der Waals surface area contributed by atoms with Crippen molar-refractivity contribution in [3.8, 4) is 17.3 Å². The molecule has 0 aliphatic heterocycles. The van der Waals surface area contributed by atoms with Crippen LogP contribution in [0.3, 0.4) is 0 Å². The van der Waals surface area contributed by atoms with Gasteiger partial charge >= 0.3 is 0 Å². The second-order valence-corrected chi connectivity index (χ2v) is 8.82. The zero-order chi connectivity index (χ0) is 25.2. The molecule has 2 heterocycles. The van der Waals surface area contributed by atoms with Crippen molar-refractivity contribution in [1.82, 2.24) is 9.66 Å². The van der Waals surface area contributed by atoms with Gasteiger partial charge < -0.3 is 9.15 Å². The average Bonchev–Trinajstić information content (AvgIpc) is 3.37. The number of benzene rings is 4. The summed E-state index contributed by atoms with van der Waals surface area (Å²) in [5.74, 6) is 1.44. The molecule has 0 bridgehead atoms. The summed E-state index contributed by atoms with van der Waals surface area (Å²) in [4.78, 5) is 18.2. The lowest BCUT2D eigenvalue weighted by Crippen LogP contribution is -2.20. The maximum Gasteiger partial charge on any atom is 0.282 e. The third-order valence-corrected chi connectivity index (χ3v) is 6.30. The minimum absolute atomic E-state index is 0.288. The molecular formula is C30H20ClN3O3. The van der Waals surface area contributed by atoms with Gasteiger partial charge in [0.05, 0.1) is 17.1 Å². The summed E-state index contributed by atoms with van der Waals surface area (Å²) in [6.45, 7) is 0.338. The third kappa shape index (κ3) is 4.62. The summed E-state index contributed by atoms with van der Waals surface area (Å²) in [5.41, 5.74) is 2.64. The first-order valence-electron chi connectivity index (χ1n) is 11.7. The Bertz CT molecular complexity index is 1800. The van der Waals surface area contributed by atoms with Crippen LogP contribution in [0.5, 0.6) is 5.75 Å². The topological polar surface area (TPSA) is 69.6 Å². The number of hydrogen-bond donors (Lipinski definition) is 0. The monoisotopic (exact) mass is 505 g/mol. The van der Waals surface area contributed by atoms with Crippen molar-refractivity contribution in [2.45, 2.75) is 6.61 Å². The molecule has 4 aromatic carbocycles. The molecule has 7 heteroatoms. The first-order valence-corrected chi connectivity index (χ1v) is 12.0. The molecule has 0 atom stereocenters. The number of aromatic nitrogens is 2. The quantitative estimate of drug-likeness (QED) is 0.230. The second kappa shape index (κ2) is 9.76. The van der Waals surface area contributed by atoms with Crippen LogP contribution in [0.4, 0.5) is 0 Å². The van der Waals surface area contributed by atoms with E-state index in [0.29, 0.717) is 45.4 Å². The highest BCUT2D eigenvalue weighted by Crippen LogP contribution is 2.27. The van der Waals surface area contributed by atoms with Crippen molar-refractivity contribution >= 4 is 39.7 Å². The molecule has 0 spiro atoms.